The Kier molecular flexibility index (Phi) is 3.14. The molecule has 22 heavy (non-hydrogen) atoms. The minimum atomic E-state index is -0.621. The van der Waals surface area contributed by atoms with Crippen LogP contribution in [0.5, 0.6) is 0 Å². The van der Waals surface area contributed by atoms with Gasteiger partial charge in [-0.25, -0.2) is 4.98 Å². The molecule has 116 valence electrons. The number of nitrogens with one attached hydrogen (secondary N) is 1. The van der Waals surface area contributed by atoms with Crippen molar-refractivity contribution >= 4 is 11.6 Å². The molecule has 4 atom stereocenters. The van der Waals surface area contributed by atoms with Crippen molar-refractivity contribution in [3.63, 3.8) is 0 Å². The van der Waals surface area contributed by atoms with E-state index in [2.05, 4.69) is 10.3 Å². The van der Waals surface area contributed by atoms with Crippen molar-refractivity contribution in [2.45, 2.75) is 31.3 Å². The van der Waals surface area contributed by atoms with E-state index >= 15 is 0 Å². The predicted octanol–water partition coefficient (Wildman–Crippen LogP) is -0.100. The second-order valence-corrected chi connectivity index (χ2v) is 5.79. The van der Waals surface area contributed by atoms with E-state index in [0.29, 0.717) is 12.3 Å². The van der Waals surface area contributed by atoms with Gasteiger partial charge in [0.15, 0.2) is 0 Å². The van der Waals surface area contributed by atoms with Crippen molar-refractivity contribution in [2.24, 2.45) is 0 Å². The Hall–Kier alpha value is -1.96. The molecule has 2 aromatic rings. The Morgan fingerprint density at radius 2 is 2.23 bits per heavy atom. The molecular weight excluding hydrogens is 286 g/mol. The van der Waals surface area contributed by atoms with Crippen LogP contribution in [0.15, 0.2) is 24.5 Å². The molecule has 1 amide bonds. The molecule has 2 aliphatic rings. The van der Waals surface area contributed by atoms with Crippen LogP contribution in [0, 0.1) is 6.92 Å². The Bertz CT molecular complexity index is 729. The Balaban J connectivity index is 1.53. The third kappa shape index (κ3) is 2.09. The van der Waals surface area contributed by atoms with Gasteiger partial charge in [0.25, 0.3) is 5.91 Å². The van der Waals surface area contributed by atoms with Gasteiger partial charge in [0.2, 0.25) is 0 Å². The monoisotopic (exact) mass is 303 g/mol. The Morgan fingerprint density at radius 3 is 3.05 bits per heavy atom. The number of aryl methyl sites for hydroxylation is 1. The fraction of sp³-hybridized carbons (Fsp3) is 0.467. The number of hydrogen-bond acceptors (Lipinski definition) is 5. The number of pyridine rings is 1. The first-order chi connectivity index (χ1) is 10.6. The minimum absolute atomic E-state index is 0.245. The van der Waals surface area contributed by atoms with Gasteiger partial charge in [-0.15, -0.1) is 0 Å². The normalized spacial score (nSPS) is 30.6. The molecule has 0 aromatic carbocycles. The van der Waals surface area contributed by atoms with Crippen LogP contribution in [0.25, 0.3) is 5.65 Å². The first-order valence-corrected chi connectivity index (χ1v) is 7.30. The Labute approximate surface area is 126 Å². The summed E-state index contributed by atoms with van der Waals surface area (Å²) < 4.78 is 12.8. The highest BCUT2D eigenvalue weighted by Gasteiger charge is 2.47. The number of aromatic nitrogens is 2. The second kappa shape index (κ2) is 5.05. The number of rotatable bonds is 2. The quantitative estimate of drug-likeness (QED) is 0.809. The van der Waals surface area contributed by atoms with Crippen molar-refractivity contribution in [2.75, 3.05) is 13.2 Å². The number of imidazole rings is 1. The van der Waals surface area contributed by atoms with Crippen molar-refractivity contribution in [1.82, 2.24) is 14.7 Å². The molecule has 0 radical (unpaired) electrons. The largest absolute Gasteiger partial charge is 0.388 e. The molecule has 2 N–H and O–H groups in total. The van der Waals surface area contributed by atoms with Crippen molar-refractivity contribution in [3.8, 4) is 0 Å². The zero-order chi connectivity index (χ0) is 15.3. The molecule has 2 saturated heterocycles. The molecule has 7 heteroatoms. The summed E-state index contributed by atoms with van der Waals surface area (Å²) in [6.07, 6.45) is 2.29. The first kappa shape index (κ1) is 13.7. The van der Waals surface area contributed by atoms with E-state index < -0.39 is 6.10 Å². The Morgan fingerprint density at radius 1 is 1.41 bits per heavy atom. The zero-order valence-corrected chi connectivity index (χ0v) is 12.1. The van der Waals surface area contributed by atoms with E-state index in [1.54, 1.807) is 6.20 Å². The fourth-order valence-electron chi connectivity index (χ4n) is 3.11. The molecule has 0 aliphatic carbocycles. The number of amides is 1. The van der Waals surface area contributed by atoms with Gasteiger partial charge in [-0.05, 0) is 18.6 Å². The molecule has 0 bridgehead atoms. The minimum Gasteiger partial charge on any atom is -0.388 e. The van der Waals surface area contributed by atoms with E-state index in [0.717, 1.165) is 11.2 Å². The van der Waals surface area contributed by atoms with Crippen LogP contribution in [-0.4, -0.2) is 58.0 Å². The molecular formula is C15H17N3O4. The summed E-state index contributed by atoms with van der Waals surface area (Å²) >= 11 is 0. The summed E-state index contributed by atoms with van der Waals surface area (Å²) in [6.45, 7) is 2.53. The average molecular weight is 303 g/mol. The van der Waals surface area contributed by atoms with Gasteiger partial charge in [0.1, 0.15) is 29.7 Å². The number of nitrogens with zero attached hydrogens (tertiary/aromatic N) is 2. The maximum atomic E-state index is 12.4. The zero-order valence-electron chi connectivity index (χ0n) is 12.1. The summed E-state index contributed by atoms with van der Waals surface area (Å²) in [5, 5.41) is 12.6. The second-order valence-electron chi connectivity index (χ2n) is 5.79. The molecule has 4 rings (SSSR count). The van der Waals surface area contributed by atoms with E-state index in [9.17, 15) is 9.90 Å². The highest BCUT2D eigenvalue weighted by molar-refractivity contribution is 5.93. The van der Waals surface area contributed by atoms with Crippen LogP contribution in [-0.2, 0) is 9.47 Å². The van der Waals surface area contributed by atoms with Gasteiger partial charge in [0, 0.05) is 12.4 Å². The fourth-order valence-corrected chi connectivity index (χ4v) is 3.11. The molecule has 7 nitrogen and oxygen atoms in total. The van der Waals surface area contributed by atoms with E-state index in [1.165, 1.54) is 0 Å². The van der Waals surface area contributed by atoms with Crippen LogP contribution in [0.2, 0.25) is 0 Å². The lowest BCUT2D eigenvalue weighted by molar-refractivity contribution is 0.0178. The summed E-state index contributed by atoms with van der Waals surface area (Å²) in [7, 11) is 0. The van der Waals surface area contributed by atoms with E-state index in [1.807, 2.05) is 29.7 Å². The number of aliphatic hydroxyl groups is 1. The molecule has 2 aliphatic heterocycles. The number of carbonyl (C=O) groups excluding carboxylic acids is 1. The molecule has 0 unspecified atom stereocenters. The molecule has 2 fully saturated rings. The van der Waals surface area contributed by atoms with Crippen molar-refractivity contribution in [1.29, 1.82) is 0 Å². The van der Waals surface area contributed by atoms with Crippen LogP contribution in [0.3, 0.4) is 0 Å². The van der Waals surface area contributed by atoms with E-state index in [-0.39, 0.29) is 30.8 Å². The summed E-state index contributed by atoms with van der Waals surface area (Å²) in [5.41, 5.74) is 2.13. The highest BCUT2D eigenvalue weighted by Crippen LogP contribution is 2.27. The lowest BCUT2D eigenvalue weighted by Crippen LogP contribution is -2.44. The van der Waals surface area contributed by atoms with Gasteiger partial charge in [-0.1, -0.05) is 6.07 Å². The van der Waals surface area contributed by atoms with Crippen molar-refractivity contribution < 1.29 is 19.4 Å². The number of hydrogen-bond donors (Lipinski definition) is 2. The van der Waals surface area contributed by atoms with Crippen LogP contribution in [0.4, 0.5) is 0 Å². The van der Waals surface area contributed by atoms with Crippen molar-refractivity contribution in [3.05, 3.63) is 35.8 Å². The lowest BCUT2D eigenvalue weighted by Gasteiger charge is -2.16. The average Bonchev–Trinajstić information content (AvgIpc) is 3.17. The predicted molar refractivity (Wildman–Crippen MR) is 76.7 cm³/mol. The van der Waals surface area contributed by atoms with Crippen LogP contribution >= 0.6 is 0 Å². The number of ether oxygens (including phenoxy) is 2. The summed E-state index contributed by atoms with van der Waals surface area (Å²) in [4.78, 5) is 16.8. The third-order valence-electron chi connectivity index (χ3n) is 4.25. The number of aliphatic hydroxyl groups excluding tert-OH is 1. The van der Waals surface area contributed by atoms with Crippen LogP contribution < -0.4 is 5.32 Å². The first-order valence-electron chi connectivity index (χ1n) is 7.30. The summed E-state index contributed by atoms with van der Waals surface area (Å²) in [6, 6.07) is 3.60. The standard InChI is InChI=1S/C15H17N3O4/c1-8-3-2-4-18-5-9(16-14(8)18)15(20)17-10-6-21-13-11(19)7-22-12(10)13/h2-5,10-13,19H,6-7H2,1H3,(H,17,20)/t10-,11-,12-,13-/m1/s1. The maximum absolute atomic E-state index is 12.4. The molecule has 0 saturated carbocycles. The third-order valence-corrected chi connectivity index (χ3v) is 4.25. The number of carbonyl (C=O) groups is 1. The number of fused-ring (bicyclic) bond motifs is 2. The SMILES string of the molecule is Cc1cccn2cc(C(=O)N[C@@H]3CO[C@H]4[C@@H]3OC[C@H]4O)nc12. The van der Waals surface area contributed by atoms with Gasteiger partial charge in [-0.2, -0.15) is 0 Å². The molecule has 2 aromatic heterocycles. The van der Waals surface area contributed by atoms with Gasteiger partial charge < -0.3 is 24.3 Å². The van der Waals surface area contributed by atoms with Gasteiger partial charge in [-0.3, -0.25) is 4.79 Å². The summed E-state index contributed by atoms with van der Waals surface area (Å²) in [5.74, 6) is -0.262. The van der Waals surface area contributed by atoms with Crippen LogP contribution in [0.1, 0.15) is 16.1 Å². The van der Waals surface area contributed by atoms with Gasteiger partial charge in [0.05, 0.1) is 19.3 Å². The topological polar surface area (TPSA) is 85.1 Å². The van der Waals surface area contributed by atoms with Gasteiger partial charge >= 0.3 is 0 Å². The maximum Gasteiger partial charge on any atom is 0.271 e. The lowest BCUT2D eigenvalue weighted by atomic mass is 10.1. The van der Waals surface area contributed by atoms with E-state index in [4.69, 9.17) is 9.47 Å². The highest BCUT2D eigenvalue weighted by atomic mass is 16.6. The molecule has 4 heterocycles. The smallest absolute Gasteiger partial charge is 0.271 e. The molecule has 0 spiro atoms.